The van der Waals surface area contributed by atoms with Gasteiger partial charge in [0.15, 0.2) is 0 Å². The van der Waals surface area contributed by atoms with Crippen LogP contribution in [0.2, 0.25) is 5.02 Å². The zero-order valence-electron chi connectivity index (χ0n) is 7.40. The second-order valence-electron chi connectivity index (χ2n) is 3.35. The van der Waals surface area contributed by atoms with Crippen molar-refractivity contribution >= 4 is 11.6 Å². The van der Waals surface area contributed by atoms with Gasteiger partial charge >= 0.3 is 0 Å². The van der Waals surface area contributed by atoms with Crippen LogP contribution in [0.5, 0.6) is 0 Å². The van der Waals surface area contributed by atoms with Gasteiger partial charge in [-0.3, -0.25) is 0 Å². The molecule has 1 atom stereocenters. The van der Waals surface area contributed by atoms with E-state index in [0.29, 0.717) is 5.02 Å². The molecule has 0 bridgehead atoms. The Morgan fingerprint density at radius 2 is 2.31 bits per heavy atom. The lowest BCUT2D eigenvalue weighted by atomic mass is 9.95. The molecule has 0 aliphatic carbocycles. The molecule has 70 valence electrons. The van der Waals surface area contributed by atoms with E-state index in [0.717, 1.165) is 24.1 Å². The van der Waals surface area contributed by atoms with Crippen LogP contribution >= 0.6 is 11.6 Å². The van der Waals surface area contributed by atoms with Crippen LogP contribution < -0.4 is 5.32 Å². The summed E-state index contributed by atoms with van der Waals surface area (Å²) >= 11 is 6.00. The summed E-state index contributed by atoms with van der Waals surface area (Å²) in [5, 5.41) is 3.92. The number of fused-ring (bicyclic) bond motifs is 1. The molecule has 3 heteroatoms. The Hall–Kier alpha value is -0.600. The van der Waals surface area contributed by atoms with Crippen molar-refractivity contribution in [3.63, 3.8) is 0 Å². The summed E-state index contributed by atoms with van der Waals surface area (Å²) in [6.07, 6.45) is 0.728. The van der Waals surface area contributed by atoms with Crippen molar-refractivity contribution in [2.24, 2.45) is 0 Å². The Bertz CT molecular complexity index is 338. The molecule has 1 N–H and O–H groups in total. The number of hydrogen-bond acceptors (Lipinski definition) is 1. The van der Waals surface area contributed by atoms with Crippen LogP contribution in [0.4, 0.5) is 4.39 Å². The standard InChI is InChI=1S/C10H11ClFN/c1-6-10-7(4-5-13-6)9(12)3-2-8(10)11/h2-3,6,13H,4-5H2,1H3. The van der Waals surface area contributed by atoms with Gasteiger partial charge < -0.3 is 5.32 Å². The fourth-order valence-corrected chi connectivity index (χ4v) is 2.19. The average Bonchev–Trinajstić information content (AvgIpc) is 2.12. The Balaban J connectivity index is 2.60. The molecule has 1 nitrogen and oxygen atoms in total. The van der Waals surface area contributed by atoms with Gasteiger partial charge in [-0.15, -0.1) is 0 Å². The van der Waals surface area contributed by atoms with Crippen LogP contribution in [-0.4, -0.2) is 6.54 Å². The summed E-state index contributed by atoms with van der Waals surface area (Å²) in [4.78, 5) is 0. The fourth-order valence-electron chi connectivity index (χ4n) is 1.85. The molecule has 0 saturated heterocycles. The first-order valence-corrected chi connectivity index (χ1v) is 4.78. The molecule has 1 heterocycles. The predicted octanol–water partition coefficient (Wildman–Crippen LogP) is 2.69. The van der Waals surface area contributed by atoms with E-state index in [-0.39, 0.29) is 11.9 Å². The van der Waals surface area contributed by atoms with Crippen LogP contribution in [0.1, 0.15) is 24.1 Å². The van der Waals surface area contributed by atoms with Gasteiger partial charge in [-0.05, 0) is 43.1 Å². The molecule has 13 heavy (non-hydrogen) atoms. The minimum Gasteiger partial charge on any atom is -0.310 e. The first-order chi connectivity index (χ1) is 6.20. The lowest BCUT2D eigenvalue weighted by Crippen LogP contribution is -2.28. The van der Waals surface area contributed by atoms with Gasteiger partial charge in [0.1, 0.15) is 5.82 Å². The molecular formula is C10H11ClFN. The monoisotopic (exact) mass is 199 g/mol. The average molecular weight is 200 g/mol. The first kappa shape index (κ1) is 8.97. The fraction of sp³-hybridized carbons (Fsp3) is 0.400. The quantitative estimate of drug-likeness (QED) is 0.678. The number of halogens is 2. The summed E-state index contributed by atoms with van der Waals surface area (Å²) in [6, 6.07) is 3.23. The Labute approximate surface area is 81.9 Å². The van der Waals surface area contributed by atoms with Crippen molar-refractivity contribution in [2.45, 2.75) is 19.4 Å². The van der Waals surface area contributed by atoms with Gasteiger partial charge in [-0.25, -0.2) is 4.39 Å². The highest BCUT2D eigenvalue weighted by atomic mass is 35.5. The highest BCUT2D eigenvalue weighted by Gasteiger charge is 2.21. The molecule has 1 unspecified atom stereocenters. The zero-order valence-corrected chi connectivity index (χ0v) is 8.16. The van der Waals surface area contributed by atoms with Crippen LogP contribution in [0, 0.1) is 5.82 Å². The van der Waals surface area contributed by atoms with Gasteiger partial charge in [0.05, 0.1) is 0 Å². The molecule has 1 aromatic rings. The molecule has 1 aromatic carbocycles. The molecule has 0 saturated carbocycles. The zero-order chi connectivity index (χ0) is 9.42. The molecule has 1 aliphatic rings. The van der Waals surface area contributed by atoms with Crippen LogP contribution in [-0.2, 0) is 6.42 Å². The lowest BCUT2D eigenvalue weighted by molar-refractivity contribution is 0.513. The van der Waals surface area contributed by atoms with Gasteiger partial charge in [0.25, 0.3) is 0 Å². The number of benzene rings is 1. The van der Waals surface area contributed by atoms with E-state index in [2.05, 4.69) is 5.32 Å². The van der Waals surface area contributed by atoms with Crippen molar-refractivity contribution < 1.29 is 4.39 Å². The summed E-state index contributed by atoms with van der Waals surface area (Å²) in [6.45, 7) is 2.83. The third kappa shape index (κ3) is 1.45. The summed E-state index contributed by atoms with van der Waals surface area (Å²) in [7, 11) is 0. The van der Waals surface area contributed by atoms with E-state index in [1.165, 1.54) is 6.07 Å². The third-order valence-corrected chi connectivity index (χ3v) is 2.83. The van der Waals surface area contributed by atoms with Crippen LogP contribution in [0.15, 0.2) is 12.1 Å². The molecule has 0 fully saturated rings. The van der Waals surface area contributed by atoms with Crippen molar-refractivity contribution in [1.82, 2.24) is 5.32 Å². The maximum absolute atomic E-state index is 13.3. The third-order valence-electron chi connectivity index (χ3n) is 2.51. The van der Waals surface area contributed by atoms with Gasteiger partial charge in [-0.1, -0.05) is 11.6 Å². The molecule has 2 rings (SSSR count). The van der Waals surface area contributed by atoms with E-state index in [4.69, 9.17) is 11.6 Å². The predicted molar refractivity (Wildman–Crippen MR) is 51.5 cm³/mol. The first-order valence-electron chi connectivity index (χ1n) is 4.40. The minimum atomic E-state index is -0.132. The number of rotatable bonds is 0. The van der Waals surface area contributed by atoms with E-state index in [1.54, 1.807) is 6.07 Å². The van der Waals surface area contributed by atoms with E-state index < -0.39 is 0 Å². The molecule has 0 radical (unpaired) electrons. The number of nitrogens with one attached hydrogen (secondary N) is 1. The molecule has 0 spiro atoms. The van der Waals surface area contributed by atoms with Crippen molar-refractivity contribution in [3.8, 4) is 0 Å². The molecule has 1 aliphatic heterocycles. The Morgan fingerprint density at radius 1 is 1.54 bits per heavy atom. The van der Waals surface area contributed by atoms with Crippen molar-refractivity contribution in [1.29, 1.82) is 0 Å². The SMILES string of the molecule is CC1NCCc2c(F)ccc(Cl)c21. The van der Waals surface area contributed by atoms with Crippen molar-refractivity contribution in [2.75, 3.05) is 6.54 Å². The normalized spacial score (nSPS) is 21.3. The highest BCUT2D eigenvalue weighted by molar-refractivity contribution is 6.31. The highest BCUT2D eigenvalue weighted by Crippen LogP contribution is 2.31. The second kappa shape index (κ2) is 3.28. The van der Waals surface area contributed by atoms with E-state index >= 15 is 0 Å². The molecule has 0 amide bonds. The van der Waals surface area contributed by atoms with Gasteiger partial charge in [0.2, 0.25) is 0 Å². The number of hydrogen-bond donors (Lipinski definition) is 1. The summed E-state index contributed by atoms with van der Waals surface area (Å²) in [5.41, 5.74) is 1.70. The maximum atomic E-state index is 13.3. The van der Waals surface area contributed by atoms with E-state index in [9.17, 15) is 4.39 Å². The molecular weight excluding hydrogens is 189 g/mol. The summed E-state index contributed by atoms with van der Waals surface area (Å²) in [5.74, 6) is -0.132. The Morgan fingerprint density at radius 3 is 3.00 bits per heavy atom. The molecule has 0 aromatic heterocycles. The minimum absolute atomic E-state index is 0.132. The van der Waals surface area contributed by atoms with Crippen molar-refractivity contribution in [3.05, 3.63) is 34.1 Å². The topological polar surface area (TPSA) is 12.0 Å². The maximum Gasteiger partial charge on any atom is 0.126 e. The van der Waals surface area contributed by atoms with E-state index in [1.807, 2.05) is 6.92 Å². The van der Waals surface area contributed by atoms with Crippen LogP contribution in [0.25, 0.3) is 0 Å². The largest absolute Gasteiger partial charge is 0.310 e. The second-order valence-corrected chi connectivity index (χ2v) is 3.75. The smallest absolute Gasteiger partial charge is 0.126 e. The lowest BCUT2D eigenvalue weighted by Gasteiger charge is -2.25. The Kier molecular flexibility index (Phi) is 2.26. The van der Waals surface area contributed by atoms with Gasteiger partial charge in [-0.2, -0.15) is 0 Å². The van der Waals surface area contributed by atoms with Crippen LogP contribution in [0.3, 0.4) is 0 Å². The van der Waals surface area contributed by atoms with Gasteiger partial charge in [0, 0.05) is 11.1 Å². The summed E-state index contributed by atoms with van der Waals surface area (Å²) < 4.78 is 13.3.